The molecule has 26 heavy (non-hydrogen) atoms. The third kappa shape index (κ3) is 4.49. The highest BCUT2D eigenvalue weighted by atomic mass is 28.3. The molecule has 1 aliphatic carbocycles. The van der Waals surface area contributed by atoms with Gasteiger partial charge in [-0.25, -0.2) is 4.39 Å². The van der Waals surface area contributed by atoms with E-state index in [1.165, 1.54) is 50.2 Å². The van der Waals surface area contributed by atoms with E-state index >= 15 is 0 Å². The molecule has 2 aliphatic rings. The van der Waals surface area contributed by atoms with Crippen molar-refractivity contribution in [2.45, 2.75) is 82.8 Å². The average Bonchev–Trinajstić information content (AvgIpc) is 2.67. The van der Waals surface area contributed by atoms with Crippen molar-refractivity contribution in [3.63, 3.8) is 0 Å². The van der Waals surface area contributed by atoms with E-state index in [4.69, 9.17) is 4.74 Å². The second kappa shape index (κ2) is 9.34. The van der Waals surface area contributed by atoms with Crippen molar-refractivity contribution < 1.29 is 13.5 Å². The second-order valence-corrected chi connectivity index (χ2v) is 11.9. The van der Waals surface area contributed by atoms with Crippen LogP contribution < -0.4 is 4.74 Å². The molecular formula is C22H34F2OSi. The number of halogens is 2. The molecule has 0 bridgehead atoms. The monoisotopic (exact) mass is 380 g/mol. The highest BCUT2D eigenvalue weighted by Gasteiger charge is 2.32. The molecule has 0 spiro atoms. The van der Waals surface area contributed by atoms with Crippen LogP contribution in [0.2, 0.25) is 18.1 Å². The van der Waals surface area contributed by atoms with Gasteiger partial charge < -0.3 is 4.74 Å². The van der Waals surface area contributed by atoms with Crippen LogP contribution in [-0.4, -0.2) is 15.4 Å². The van der Waals surface area contributed by atoms with Crippen LogP contribution in [0.15, 0.2) is 12.1 Å². The Morgan fingerprint density at radius 2 is 1.58 bits per heavy atom. The van der Waals surface area contributed by atoms with Gasteiger partial charge in [0.05, 0.1) is 6.61 Å². The van der Waals surface area contributed by atoms with Crippen LogP contribution in [0.3, 0.4) is 0 Å². The highest BCUT2D eigenvalue weighted by molar-refractivity contribution is 6.58. The molecule has 1 nitrogen and oxygen atoms in total. The van der Waals surface area contributed by atoms with E-state index in [0.29, 0.717) is 12.2 Å². The van der Waals surface area contributed by atoms with E-state index in [0.717, 1.165) is 24.7 Å². The minimum Gasteiger partial charge on any atom is -0.491 e. The molecule has 1 saturated carbocycles. The average molecular weight is 381 g/mol. The lowest BCUT2D eigenvalue weighted by Crippen LogP contribution is -2.28. The SMILES string of the molecule is CCC[Si@H]1CC[C@H]([C@H]2CC[C@H](c3ccc(OCC)c(F)c3F)CC2)CC1. The zero-order valence-electron chi connectivity index (χ0n) is 16.4. The van der Waals surface area contributed by atoms with Gasteiger partial charge in [0, 0.05) is 8.80 Å². The molecule has 0 radical (unpaired) electrons. The van der Waals surface area contributed by atoms with Crippen LogP contribution in [0.4, 0.5) is 8.78 Å². The molecule has 0 unspecified atom stereocenters. The molecule has 1 aliphatic heterocycles. The Morgan fingerprint density at radius 3 is 2.19 bits per heavy atom. The second-order valence-electron chi connectivity index (χ2n) is 8.40. The fraction of sp³-hybridized carbons (Fsp3) is 0.727. The molecule has 146 valence electrons. The first-order valence-electron chi connectivity index (χ1n) is 10.7. The molecule has 1 aromatic carbocycles. The maximum Gasteiger partial charge on any atom is 0.200 e. The maximum atomic E-state index is 14.5. The third-order valence-corrected chi connectivity index (χ3v) is 10.5. The van der Waals surface area contributed by atoms with Crippen LogP contribution >= 0.6 is 0 Å². The van der Waals surface area contributed by atoms with Crippen molar-refractivity contribution >= 4 is 8.80 Å². The standard InChI is InChI=1S/C22H34F2OSi/c1-3-13-26-14-11-17(12-15-26)16-5-7-18(8-6-16)19-9-10-20(25-4-2)22(24)21(19)23/h9-10,16-18,26H,3-8,11-15H2,1-2H3/t16-,17-,18-,26-. The smallest absolute Gasteiger partial charge is 0.200 e. The molecule has 3 rings (SSSR count). The predicted octanol–water partition coefficient (Wildman–Crippen LogP) is 6.68. The maximum absolute atomic E-state index is 14.5. The normalized spacial score (nSPS) is 29.5. The number of benzene rings is 1. The Labute approximate surface area is 159 Å². The molecule has 2 fully saturated rings. The lowest BCUT2D eigenvalue weighted by molar-refractivity contribution is 0.214. The van der Waals surface area contributed by atoms with Crippen LogP contribution in [0.1, 0.15) is 70.3 Å². The van der Waals surface area contributed by atoms with E-state index in [9.17, 15) is 8.78 Å². The van der Waals surface area contributed by atoms with Crippen molar-refractivity contribution in [1.29, 1.82) is 0 Å². The number of ether oxygens (including phenoxy) is 1. The van der Waals surface area contributed by atoms with Gasteiger partial charge in [0.1, 0.15) is 0 Å². The summed E-state index contributed by atoms with van der Waals surface area (Å²) < 4.78 is 33.8. The summed E-state index contributed by atoms with van der Waals surface area (Å²) in [5.41, 5.74) is 0.559. The molecule has 0 N–H and O–H groups in total. The largest absolute Gasteiger partial charge is 0.491 e. The van der Waals surface area contributed by atoms with E-state index in [-0.39, 0.29) is 11.7 Å². The van der Waals surface area contributed by atoms with Gasteiger partial charge in [0.15, 0.2) is 11.6 Å². The van der Waals surface area contributed by atoms with Crippen molar-refractivity contribution in [2.24, 2.45) is 11.8 Å². The Balaban J connectivity index is 1.55. The molecular weight excluding hydrogens is 346 g/mol. The van der Waals surface area contributed by atoms with E-state index in [1.807, 2.05) is 0 Å². The van der Waals surface area contributed by atoms with Gasteiger partial charge in [-0.15, -0.1) is 0 Å². The molecule has 1 saturated heterocycles. The molecule has 1 aromatic rings. The summed E-state index contributed by atoms with van der Waals surface area (Å²) in [6.07, 6.45) is 8.63. The summed E-state index contributed by atoms with van der Waals surface area (Å²) in [5.74, 6) is 0.422. The summed E-state index contributed by atoms with van der Waals surface area (Å²) in [5, 5.41) is 0. The van der Waals surface area contributed by atoms with Crippen molar-refractivity contribution in [2.75, 3.05) is 6.61 Å². The van der Waals surface area contributed by atoms with Gasteiger partial charge in [0.2, 0.25) is 5.82 Å². The molecule has 0 atom stereocenters. The van der Waals surface area contributed by atoms with Crippen molar-refractivity contribution in [3.05, 3.63) is 29.3 Å². The molecule has 4 heteroatoms. The fourth-order valence-electron chi connectivity index (χ4n) is 5.39. The van der Waals surface area contributed by atoms with Gasteiger partial charge >= 0.3 is 0 Å². The fourth-order valence-corrected chi connectivity index (χ4v) is 8.87. The Morgan fingerprint density at radius 1 is 0.923 bits per heavy atom. The lowest BCUT2D eigenvalue weighted by Gasteiger charge is -2.37. The zero-order chi connectivity index (χ0) is 18.5. The summed E-state index contributed by atoms with van der Waals surface area (Å²) in [7, 11) is -0.407. The van der Waals surface area contributed by atoms with E-state index in [2.05, 4.69) is 6.92 Å². The minimum absolute atomic E-state index is 0.0374. The first-order valence-corrected chi connectivity index (χ1v) is 13.2. The first kappa shape index (κ1) is 19.8. The number of hydrogen-bond acceptors (Lipinski definition) is 1. The summed E-state index contributed by atoms with van der Waals surface area (Å²) in [4.78, 5) is 0. The Hall–Kier alpha value is -0.903. The van der Waals surface area contributed by atoms with Gasteiger partial charge in [-0.3, -0.25) is 0 Å². The van der Waals surface area contributed by atoms with Crippen molar-refractivity contribution in [1.82, 2.24) is 0 Å². The Kier molecular flexibility index (Phi) is 7.13. The summed E-state index contributed by atoms with van der Waals surface area (Å²) in [6, 6.07) is 7.95. The van der Waals surface area contributed by atoms with Gasteiger partial charge in [-0.05, 0) is 62.0 Å². The van der Waals surface area contributed by atoms with Crippen molar-refractivity contribution in [3.8, 4) is 5.75 Å². The molecule has 1 heterocycles. The summed E-state index contributed by atoms with van der Waals surface area (Å²) in [6.45, 7) is 4.46. The quantitative estimate of drug-likeness (QED) is 0.500. The lowest BCUT2D eigenvalue weighted by atomic mass is 9.72. The summed E-state index contributed by atoms with van der Waals surface area (Å²) >= 11 is 0. The Bertz CT molecular complexity index is 576. The van der Waals surface area contributed by atoms with Gasteiger partial charge in [0.25, 0.3) is 0 Å². The first-order chi connectivity index (χ1) is 12.6. The van der Waals surface area contributed by atoms with Gasteiger partial charge in [-0.2, -0.15) is 4.39 Å². The van der Waals surface area contributed by atoms with Crippen LogP contribution in [0.5, 0.6) is 5.75 Å². The number of rotatable bonds is 6. The minimum atomic E-state index is -0.814. The van der Waals surface area contributed by atoms with E-state index in [1.54, 1.807) is 19.1 Å². The predicted molar refractivity (Wildman–Crippen MR) is 107 cm³/mol. The third-order valence-electron chi connectivity index (χ3n) is 6.84. The highest BCUT2D eigenvalue weighted by Crippen LogP contribution is 2.44. The van der Waals surface area contributed by atoms with E-state index < -0.39 is 20.4 Å². The molecule has 0 amide bonds. The van der Waals surface area contributed by atoms with Gasteiger partial charge in [-0.1, -0.05) is 50.4 Å². The van der Waals surface area contributed by atoms with Crippen LogP contribution in [0.25, 0.3) is 0 Å². The molecule has 0 aromatic heterocycles. The number of hydrogen-bond donors (Lipinski definition) is 0. The van der Waals surface area contributed by atoms with Crippen LogP contribution in [-0.2, 0) is 0 Å². The topological polar surface area (TPSA) is 9.23 Å². The van der Waals surface area contributed by atoms with Crippen LogP contribution in [0, 0.1) is 23.5 Å². The zero-order valence-corrected chi connectivity index (χ0v) is 17.6.